The Morgan fingerprint density at radius 2 is 1.96 bits per heavy atom. The fraction of sp³-hybridized carbons (Fsp3) is 0.211. The number of carbonyl (C=O) groups excluding carboxylic acids is 1. The third kappa shape index (κ3) is 4.61. The van der Waals surface area contributed by atoms with Crippen LogP contribution in [-0.4, -0.2) is 40.5 Å². The molecule has 140 valence electrons. The summed E-state index contributed by atoms with van der Waals surface area (Å²) in [5.74, 6) is 0.0769. The number of hydrogen-bond acceptors (Lipinski definition) is 5. The van der Waals surface area contributed by atoms with Crippen molar-refractivity contribution < 1.29 is 4.79 Å². The summed E-state index contributed by atoms with van der Waals surface area (Å²) in [6, 6.07) is 13.5. The van der Waals surface area contributed by atoms with E-state index in [4.69, 9.17) is 11.6 Å². The first kappa shape index (κ1) is 19.3. The summed E-state index contributed by atoms with van der Waals surface area (Å²) < 4.78 is 1.86. The Labute approximate surface area is 167 Å². The molecular weight excluding hydrogens is 382 g/mol. The van der Waals surface area contributed by atoms with Crippen LogP contribution >= 0.6 is 23.4 Å². The second-order valence-electron chi connectivity index (χ2n) is 6.19. The molecule has 0 atom stereocenters. The van der Waals surface area contributed by atoms with Gasteiger partial charge in [-0.25, -0.2) is 0 Å². The molecular formula is C19H20ClN5OS. The Kier molecular flexibility index (Phi) is 6.03. The number of para-hydroxylation sites is 1. The molecule has 3 aromatic rings. The number of benzene rings is 2. The number of carbonyl (C=O) groups is 1. The van der Waals surface area contributed by atoms with Crippen LogP contribution in [0, 0.1) is 6.92 Å². The SMILES string of the molecule is Cc1ccc(-n2cnnc2SCC(=O)Nc2cccc(Cl)c2N(C)C)cc1. The fourth-order valence-electron chi connectivity index (χ4n) is 2.59. The van der Waals surface area contributed by atoms with Crippen molar-refractivity contribution >= 4 is 40.6 Å². The summed E-state index contributed by atoms with van der Waals surface area (Å²) in [5.41, 5.74) is 3.59. The van der Waals surface area contributed by atoms with Crippen LogP contribution in [0.2, 0.25) is 5.02 Å². The summed E-state index contributed by atoms with van der Waals surface area (Å²) in [5, 5.41) is 12.3. The van der Waals surface area contributed by atoms with E-state index in [9.17, 15) is 4.79 Å². The number of aryl methyl sites for hydroxylation is 1. The predicted octanol–water partition coefficient (Wildman–Crippen LogP) is 4.03. The van der Waals surface area contributed by atoms with E-state index in [0.717, 1.165) is 11.4 Å². The number of anilines is 2. The zero-order chi connectivity index (χ0) is 19.4. The highest BCUT2D eigenvalue weighted by molar-refractivity contribution is 7.99. The Morgan fingerprint density at radius 3 is 2.67 bits per heavy atom. The molecule has 0 aliphatic carbocycles. The van der Waals surface area contributed by atoms with Crippen molar-refractivity contribution in [1.82, 2.24) is 14.8 Å². The highest BCUT2D eigenvalue weighted by atomic mass is 35.5. The molecule has 1 aromatic heterocycles. The minimum Gasteiger partial charge on any atom is -0.375 e. The number of rotatable bonds is 6. The van der Waals surface area contributed by atoms with Gasteiger partial charge in [0.25, 0.3) is 0 Å². The highest BCUT2D eigenvalue weighted by Crippen LogP contribution is 2.32. The number of aromatic nitrogens is 3. The Morgan fingerprint density at radius 1 is 1.22 bits per heavy atom. The standard InChI is InChI=1S/C19H20ClN5OS/c1-13-7-9-14(10-8-13)25-12-21-23-19(25)27-11-17(26)22-16-6-4-5-15(20)18(16)24(2)3/h4-10,12H,11H2,1-3H3,(H,22,26). The third-order valence-corrected chi connectivity index (χ3v) is 5.12. The third-order valence-electron chi connectivity index (χ3n) is 3.87. The van der Waals surface area contributed by atoms with Crippen molar-refractivity contribution in [2.75, 3.05) is 30.1 Å². The van der Waals surface area contributed by atoms with Gasteiger partial charge in [-0.05, 0) is 31.2 Å². The van der Waals surface area contributed by atoms with Crippen LogP contribution < -0.4 is 10.2 Å². The average Bonchev–Trinajstić information content (AvgIpc) is 3.09. The molecule has 0 fully saturated rings. The number of hydrogen-bond donors (Lipinski definition) is 1. The summed E-state index contributed by atoms with van der Waals surface area (Å²) >= 11 is 7.58. The van der Waals surface area contributed by atoms with E-state index in [0.29, 0.717) is 15.9 Å². The van der Waals surface area contributed by atoms with Gasteiger partial charge in [0.1, 0.15) is 6.33 Å². The number of amides is 1. The van der Waals surface area contributed by atoms with Crippen molar-refractivity contribution in [2.45, 2.75) is 12.1 Å². The summed E-state index contributed by atoms with van der Waals surface area (Å²) in [7, 11) is 3.77. The molecule has 0 spiro atoms. The molecule has 0 bridgehead atoms. The van der Waals surface area contributed by atoms with E-state index in [1.165, 1.54) is 17.3 Å². The van der Waals surface area contributed by atoms with Crippen LogP contribution in [0.3, 0.4) is 0 Å². The first-order valence-corrected chi connectivity index (χ1v) is 9.67. The molecule has 2 aromatic carbocycles. The molecule has 0 aliphatic heterocycles. The maximum Gasteiger partial charge on any atom is 0.234 e. The average molecular weight is 402 g/mol. The second kappa shape index (κ2) is 8.45. The lowest BCUT2D eigenvalue weighted by atomic mass is 10.2. The van der Waals surface area contributed by atoms with E-state index in [2.05, 4.69) is 15.5 Å². The van der Waals surface area contributed by atoms with Crippen LogP contribution in [0.15, 0.2) is 53.9 Å². The van der Waals surface area contributed by atoms with Gasteiger partial charge < -0.3 is 10.2 Å². The molecule has 0 saturated heterocycles. The Balaban J connectivity index is 1.69. The quantitative estimate of drug-likeness (QED) is 0.632. The maximum atomic E-state index is 12.4. The molecule has 0 radical (unpaired) electrons. The van der Waals surface area contributed by atoms with E-state index >= 15 is 0 Å². The van der Waals surface area contributed by atoms with Crippen LogP contribution in [0.25, 0.3) is 5.69 Å². The van der Waals surface area contributed by atoms with Crippen LogP contribution in [0.5, 0.6) is 0 Å². The van der Waals surface area contributed by atoms with Gasteiger partial charge in [0, 0.05) is 19.8 Å². The lowest BCUT2D eigenvalue weighted by Gasteiger charge is -2.19. The molecule has 1 N–H and O–H groups in total. The summed E-state index contributed by atoms with van der Waals surface area (Å²) in [6.07, 6.45) is 1.64. The second-order valence-corrected chi connectivity index (χ2v) is 7.54. The molecule has 3 rings (SSSR count). The Hall–Kier alpha value is -2.51. The zero-order valence-corrected chi connectivity index (χ0v) is 16.9. The highest BCUT2D eigenvalue weighted by Gasteiger charge is 2.14. The molecule has 8 heteroatoms. The molecule has 0 unspecified atom stereocenters. The topological polar surface area (TPSA) is 63.1 Å². The van der Waals surface area contributed by atoms with E-state index in [1.54, 1.807) is 12.4 Å². The van der Waals surface area contributed by atoms with Crippen LogP contribution in [0.1, 0.15) is 5.56 Å². The van der Waals surface area contributed by atoms with Crippen molar-refractivity contribution in [3.63, 3.8) is 0 Å². The molecule has 0 aliphatic rings. The van der Waals surface area contributed by atoms with Crippen LogP contribution in [0.4, 0.5) is 11.4 Å². The predicted molar refractivity (Wildman–Crippen MR) is 111 cm³/mol. The van der Waals surface area contributed by atoms with Gasteiger partial charge in [-0.15, -0.1) is 10.2 Å². The first-order chi connectivity index (χ1) is 13.0. The maximum absolute atomic E-state index is 12.4. The van der Waals surface area contributed by atoms with Gasteiger partial charge in [-0.2, -0.15) is 0 Å². The largest absolute Gasteiger partial charge is 0.375 e. The van der Waals surface area contributed by atoms with E-state index < -0.39 is 0 Å². The van der Waals surface area contributed by atoms with Gasteiger partial charge in [0.2, 0.25) is 5.91 Å². The number of nitrogens with one attached hydrogen (secondary N) is 1. The normalized spacial score (nSPS) is 10.7. The van der Waals surface area contributed by atoms with E-state index in [1.807, 2.05) is 66.9 Å². The van der Waals surface area contributed by atoms with Crippen molar-refractivity contribution in [2.24, 2.45) is 0 Å². The zero-order valence-electron chi connectivity index (χ0n) is 15.3. The van der Waals surface area contributed by atoms with Gasteiger partial charge in [0.05, 0.1) is 22.2 Å². The smallest absolute Gasteiger partial charge is 0.234 e. The lowest BCUT2D eigenvalue weighted by Crippen LogP contribution is -2.18. The summed E-state index contributed by atoms with van der Waals surface area (Å²) in [6.45, 7) is 2.04. The monoisotopic (exact) mass is 401 g/mol. The summed E-state index contributed by atoms with van der Waals surface area (Å²) in [4.78, 5) is 14.3. The van der Waals surface area contributed by atoms with Crippen molar-refractivity contribution in [1.29, 1.82) is 0 Å². The van der Waals surface area contributed by atoms with Crippen molar-refractivity contribution in [3.05, 3.63) is 59.4 Å². The lowest BCUT2D eigenvalue weighted by molar-refractivity contribution is -0.113. The minimum absolute atomic E-state index is 0.135. The molecule has 27 heavy (non-hydrogen) atoms. The van der Waals surface area contributed by atoms with Gasteiger partial charge in [-0.1, -0.05) is 47.1 Å². The number of thioether (sulfide) groups is 1. The minimum atomic E-state index is -0.135. The molecule has 1 heterocycles. The van der Waals surface area contributed by atoms with Crippen LogP contribution in [-0.2, 0) is 4.79 Å². The molecule has 1 amide bonds. The Bertz CT molecular complexity index is 940. The van der Waals surface area contributed by atoms with Gasteiger partial charge in [0.15, 0.2) is 5.16 Å². The van der Waals surface area contributed by atoms with Gasteiger partial charge >= 0.3 is 0 Å². The number of nitrogens with zero attached hydrogens (tertiary/aromatic N) is 4. The fourth-order valence-corrected chi connectivity index (χ4v) is 3.66. The van der Waals surface area contributed by atoms with Gasteiger partial charge in [-0.3, -0.25) is 9.36 Å². The first-order valence-electron chi connectivity index (χ1n) is 8.31. The number of halogens is 1. The van der Waals surface area contributed by atoms with E-state index in [-0.39, 0.29) is 11.7 Å². The molecule has 0 saturated carbocycles. The molecule has 6 nitrogen and oxygen atoms in total. The van der Waals surface area contributed by atoms with Crippen molar-refractivity contribution in [3.8, 4) is 5.69 Å².